The average Bonchev–Trinajstić information content (AvgIpc) is 2.65. The maximum atomic E-state index is 11.8. The van der Waals surface area contributed by atoms with Gasteiger partial charge in [-0.05, 0) is 25.8 Å². The summed E-state index contributed by atoms with van der Waals surface area (Å²) in [4.78, 5) is 11.2. The summed E-state index contributed by atoms with van der Waals surface area (Å²) in [7, 11) is 0. The largest absolute Gasteiger partial charge is 0.390 e. The van der Waals surface area contributed by atoms with E-state index in [0.29, 0.717) is 18.9 Å². The summed E-state index contributed by atoms with van der Waals surface area (Å²) in [6.07, 6.45) is -1.98. The normalized spacial score (nSPS) is 21.1. The SMILES string of the molecule is O=C(CCC1CCCN1)NCCC(F)(F)F. The maximum Gasteiger partial charge on any atom is 0.390 e. The van der Waals surface area contributed by atoms with Crippen molar-refractivity contribution in [2.24, 2.45) is 0 Å². The molecule has 0 aromatic carbocycles. The number of carbonyl (C=O) groups is 1. The van der Waals surface area contributed by atoms with E-state index in [9.17, 15) is 18.0 Å². The summed E-state index contributed by atoms with van der Waals surface area (Å²) < 4.78 is 35.3. The highest BCUT2D eigenvalue weighted by atomic mass is 19.4. The lowest BCUT2D eigenvalue weighted by atomic mass is 10.1. The molecule has 1 atom stereocenters. The Bertz CT molecular complexity index is 225. The summed E-state index contributed by atoms with van der Waals surface area (Å²) in [5, 5.41) is 5.51. The Balaban J connectivity index is 2.02. The van der Waals surface area contributed by atoms with Crippen molar-refractivity contribution in [1.29, 1.82) is 0 Å². The van der Waals surface area contributed by atoms with Gasteiger partial charge >= 0.3 is 6.18 Å². The molecule has 0 aliphatic carbocycles. The zero-order valence-corrected chi connectivity index (χ0v) is 9.07. The van der Waals surface area contributed by atoms with Gasteiger partial charge in [-0.1, -0.05) is 0 Å². The Morgan fingerprint density at radius 2 is 2.19 bits per heavy atom. The molecule has 0 bridgehead atoms. The van der Waals surface area contributed by atoms with Gasteiger partial charge in [0.2, 0.25) is 5.91 Å². The molecule has 1 saturated heterocycles. The molecule has 1 heterocycles. The molecule has 1 rings (SSSR count). The molecule has 1 aliphatic rings. The number of hydrogen-bond acceptors (Lipinski definition) is 2. The number of halogens is 3. The number of alkyl halides is 3. The van der Waals surface area contributed by atoms with Crippen LogP contribution in [0, 0.1) is 0 Å². The molecular weight excluding hydrogens is 221 g/mol. The molecular formula is C10H17F3N2O. The predicted molar refractivity (Wildman–Crippen MR) is 53.9 cm³/mol. The van der Waals surface area contributed by atoms with E-state index in [1.807, 2.05) is 0 Å². The molecule has 0 saturated carbocycles. The first-order chi connectivity index (χ1) is 7.47. The molecule has 2 N–H and O–H groups in total. The van der Waals surface area contributed by atoms with E-state index >= 15 is 0 Å². The van der Waals surface area contributed by atoms with Crippen LogP contribution >= 0.6 is 0 Å². The molecule has 1 amide bonds. The number of amides is 1. The van der Waals surface area contributed by atoms with Crippen molar-refractivity contribution in [1.82, 2.24) is 10.6 Å². The Labute approximate surface area is 92.8 Å². The molecule has 1 aliphatic heterocycles. The van der Waals surface area contributed by atoms with Crippen LogP contribution in [0.2, 0.25) is 0 Å². The zero-order chi connectivity index (χ0) is 12.0. The first-order valence-electron chi connectivity index (χ1n) is 5.54. The second kappa shape index (κ2) is 6.08. The van der Waals surface area contributed by atoms with Crippen LogP contribution in [-0.2, 0) is 4.79 Å². The smallest absolute Gasteiger partial charge is 0.356 e. The molecule has 16 heavy (non-hydrogen) atoms. The third kappa shape index (κ3) is 5.95. The predicted octanol–water partition coefficient (Wildman–Crippen LogP) is 1.59. The van der Waals surface area contributed by atoms with Crippen molar-refractivity contribution in [3.05, 3.63) is 0 Å². The van der Waals surface area contributed by atoms with E-state index < -0.39 is 12.6 Å². The van der Waals surface area contributed by atoms with E-state index in [-0.39, 0.29) is 12.5 Å². The van der Waals surface area contributed by atoms with Gasteiger partial charge < -0.3 is 10.6 Å². The van der Waals surface area contributed by atoms with Crippen molar-refractivity contribution >= 4 is 5.91 Å². The molecule has 0 spiro atoms. The molecule has 1 unspecified atom stereocenters. The van der Waals surface area contributed by atoms with E-state index in [1.54, 1.807) is 0 Å². The van der Waals surface area contributed by atoms with Gasteiger partial charge in [0.25, 0.3) is 0 Å². The van der Waals surface area contributed by atoms with Gasteiger partial charge in [0, 0.05) is 19.0 Å². The number of nitrogens with one attached hydrogen (secondary N) is 2. The van der Waals surface area contributed by atoms with Crippen LogP contribution < -0.4 is 10.6 Å². The van der Waals surface area contributed by atoms with Gasteiger partial charge in [-0.25, -0.2) is 0 Å². The monoisotopic (exact) mass is 238 g/mol. The standard InChI is InChI=1S/C10H17F3N2O/c11-10(12,13)5-7-15-9(16)4-3-8-2-1-6-14-8/h8,14H,1-7H2,(H,15,16). The second-order valence-electron chi connectivity index (χ2n) is 4.05. The fourth-order valence-electron chi connectivity index (χ4n) is 1.74. The summed E-state index contributed by atoms with van der Waals surface area (Å²) in [6, 6.07) is 0.355. The van der Waals surface area contributed by atoms with E-state index in [4.69, 9.17) is 0 Å². The van der Waals surface area contributed by atoms with Gasteiger partial charge in [0.15, 0.2) is 0 Å². The van der Waals surface area contributed by atoms with Crippen LogP contribution in [0.3, 0.4) is 0 Å². The lowest BCUT2D eigenvalue weighted by Crippen LogP contribution is -2.30. The summed E-state index contributed by atoms with van der Waals surface area (Å²) >= 11 is 0. The Morgan fingerprint density at radius 3 is 2.75 bits per heavy atom. The fraction of sp³-hybridized carbons (Fsp3) is 0.900. The van der Waals surface area contributed by atoms with Crippen molar-refractivity contribution in [3.8, 4) is 0 Å². The number of hydrogen-bond donors (Lipinski definition) is 2. The summed E-state index contributed by atoms with van der Waals surface area (Å²) in [5.74, 6) is -0.294. The molecule has 0 radical (unpaired) electrons. The highest BCUT2D eigenvalue weighted by Crippen LogP contribution is 2.18. The highest BCUT2D eigenvalue weighted by Gasteiger charge is 2.26. The molecule has 94 valence electrons. The van der Waals surface area contributed by atoms with E-state index in [0.717, 1.165) is 19.4 Å². The van der Waals surface area contributed by atoms with Gasteiger partial charge in [-0.15, -0.1) is 0 Å². The van der Waals surface area contributed by atoms with E-state index in [2.05, 4.69) is 10.6 Å². The Hall–Kier alpha value is -0.780. The summed E-state index contributed by atoms with van der Waals surface area (Å²) in [6.45, 7) is 0.654. The maximum absolute atomic E-state index is 11.8. The minimum atomic E-state index is -4.19. The van der Waals surface area contributed by atoms with Crippen LogP contribution in [0.1, 0.15) is 32.1 Å². The van der Waals surface area contributed by atoms with Crippen molar-refractivity contribution in [2.45, 2.75) is 44.3 Å². The molecule has 0 aromatic rings. The topological polar surface area (TPSA) is 41.1 Å². The van der Waals surface area contributed by atoms with Crippen LogP contribution in [0.15, 0.2) is 0 Å². The zero-order valence-electron chi connectivity index (χ0n) is 9.07. The molecule has 0 aromatic heterocycles. The first kappa shape index (κ1) is 13.3. The first-order valence-corrected chi connectivity index (χ1v) is 5.54. The van der Waals surface area contributed by atoms with Gasteiger partial charge in [0.05, 0.1) is 6.42 Å². The van der Waals surface area contributed by atoms with Crippen LogP contribution in [0.5, 0.6) is 0 Å². The molecule has 3 nitrogen and oxygen atoms in total. The minimum absolute atomic E-state index is 0.294. The van der Waals surface area contributed by atoms with Gasteiger partial charge in [-0.3, -0.25) is 4.79 Å². The van der Waals surface area contributed by atoms with Crippen LogP contribution in [0.4, 0.5) is 13.2 Å². The Morgan fingerprint density at radius 1 is 1.44 bits per heavy atom. The number of carbonyl (C=O) groups excluding carboxylic acids is 1. The third-order valence-electron chi connectivity index (χ3n) is 2.61. The van der Waals surface area contributed by atoms with Gasteiger partial charge in [0.1, 0.15) is 0 Å². The third-order valence-corrected chi connectivity index (χ3v) is 2.61. The Kier molecular flexibility index (Phi) is 5.05. The van der Waals surface area contributed by atoms with E-state index in [1.165, 1.54) is 0 Å². The lowest BCUT2D eigenvalue weighted by Gasteiger charge is -2.10. The fourth-order valence-corrected chi connectivity index (χ4v) is 1.74. The quantitative estimate of drug-likeness (QED) is 0.763. The lowest BCUT2D eigenvalue weighted by molar-refractivity contribution is -0.135. The molecule has 1 fully saturated rings. The van der Waals surface area contributed by atoms with Gasteiger partial charge in [-0.2, -0.15) is 13.2 Å². The van der Waals surface area contributed by atoms with Crippen molar-refractivity contribution < 1.29 is 18.0 Å². The van der Waals surface area contributed by atoms with Crippen molar-refractivity contribution in [3.63, 3.8) is 0 Å². The minimum Gasteiger partial charge on any atom is -0.356 e. The van der Waals surface area contributed by atoms with Crippen molar-refractivity contribution in [2.75, 3.05) is 13.1 Å². The highest BCUT2D eigenvalue weighted by molar-refractivity contribution is 5.75. The average molecular weight is 238 g/mol. The molecule has 6 heteroatoms. The van der Waals surface area contributed by atoms with Crippen LogP contribution in [0.25, 0.3) is 0 Å². The summed E-state index contributed by atoms with van der Waals surface area (Å²) in [5.41, 5.74) is 0. The second-order valence-corrected chi connectivity index (χ2v) is 4.05. The number of rotatable bonds is 5. The van der Waals surface area contributed by atoms with Crippen LogP contribution in [-0.4, -0.2) is 31.2 Å².